The van der Waals surface area contributed by atoms with Crippen LogP contribution in [0.1, 0.15) is 5.56 Å². The molecule has 1 aromatic rings. The van der Waals surface area contributed by atoms with E-state index in [4.69, 9.17) is 0 Å². The number of hydrogen-bond acceptors (Lipinski definition) is 0. The maximum absolute atomic E-state index is 12.0. The first-order valence-corrected chi connectivity index (χ1v) is 4.55. The van der Waals surface area contributed by atoms with Crippen molar-refractivity contribution < 1.29 is 13.4 Å². The van der Waals surface area contributed by atoms with Crippen LogP contribution in [0.3, 0.4) is 0 Å². The summed E-state index contributed by atoms with van der Waals surface area (Å²) in [5, 5.41) is 0. The van der Waals surface area contributed by atoms with E-state index in [2.05, 4.69) is 15.9 Å². The van der Waals surface area contributed by atoms with E-state index >= 15 is 0 Å². The molecule has 0 bridgehead atoms. The minimum Gasteiger partial charge on any atom is -0.303 e. The van der Waals surface area contributed by atoms with Crippen LogP contribution in [0.5, 0.6) is 0 Å². The van der Waals surface area contributed by atoms with Crippen molar-refractivity contribution in [3.05, 3.63) is 40.9 Å². The first-order chi connectivity index (χ1) is 6.18. The molecule has 1 aromatic carbocycles. The molecule has 0 fully saturated rings. The summed E-state index contributed by atoms with van der Waals surface area (Å²) in [6.45, 7) is -1.28. The van der Waals surface area contributed by atoms with E-state index in [-0.39, 0.29) is 0 Å². The lowest BCUT2D eigenvalue weighted by Crippen LogP contribution is -1.90. The van der Waals surface area contributed by atoms with Gasteiger partial charge in [0.2, 0.25) is 0 Å². The van der Waals surface area contributed by atoms with Crippen LogP contribution >= 0.6 is 15.9 Å². The molecule has 13 heavy (non-hydrogen) atoms. The number of benzene rings is 1. The Balaban J connectivity index is 2.25. The van der Waals surface area contributed by atoms with E-state index in [0.717, 1.165) is 14.6 Å². The smallest absolute Gasteiger partial charge is 0.303 e. The molecule has 0 atom stereocenters. The third-order valence-electron chi connectivity index (χ3n) is 1.91. The molecule has 0 saturated heterocycles. The molecule has 0 unspecified atom stereocenters. The fourth-order valence-corrected chi connectivity index (χ4v) is 1.43. The molecule has 68 valence electrons. The van der Waals surface area contributed by atoms with Gasteiger partial charge in [0, 0.05) is 4.47 Å². The number of rotatable bonds is 2. The average Bonchev–Trinajstić information content (AvgIpc) is 2.85. The van der Waals surface area contributed by atoms with Gasteiger partial charge in [0.25, 0.3) is 0 Å². The Morgan fingerprint density at radius 1 is 1.23 bits per heavy atom. The van der Waals surface area contributed by atoms with Crippen LogP contribution in [0.25, 0.3) is 0 Å². The normalized spacial score (nSPS) is 14.7. The summed E-state index contributed by atoms with van der Waals surface area (Å²) in [5.41, 5.74) is 1.54. The highest BCUT2D eigenvalue weighted by Crippen LogP contribution is 2.21. The van der Waals surface area contributed by atoms with Crippen LogP contribution in [0.15, 0.2) is 28.7 Å². The van der Waals surface area contributed by atoms with Crippen molar-refractivity contribution >= 4 is 21.6 Å². The Morgan fingerprint density at radius 3 is 2.31 bits per heavy atom. The summed E-state index contributed by atoms with van der Waals surface area (Å²) >= 11 is 3.28. The van der Waals surface area contributed by atoms with Gasteiger partial charge in [-0.25, -0.2) is 8.78 Å². The monoisotopic (exact) mass is 245 g/mol. The standard InChI is InChI=1S/C9H6BrF2N/c10-7-3-1-6(2-4-7)8-5-13(8)9(11)12/h1-4H,5H2. The molecule has 1 heterocycles. The minimum atomic E-state index is -1.63. The van der Waals surface area contributed by atoms with Crippen molar-refractivity contribution in [2.24, 2.45) is 0 Å². The van der Waals surface area contributed by atoms with Crippen LogP contribution in [-0.4, -0.2) is 16.8 Å². The Bertz CT molecular complexity index is 356. The predicted molar refractivity (Wildman–Crippen MR) is 48.8 cm³/mol. The number of halogens is 3. The van der Waals surface area contributed by atoms with E-state index in [1.54, 1.807) is 0 Å². The maximum atomic E-state index is 12.0. The summed E-state index contributed by atoms with van der Waals surface area (Å²) in [6, 6.07) is 7.33. The molecule has 0 amide bonds. The average molecular weight is 246 g/mol. The Morgan fingerprint density at radius 2 is 1.85 bits per heavy atom. The molecule has 1 aliphatic heterocycles. The molecule has 0 radical (unpaired) electrons. The van der Waals surface area contributed by atoms with Gasteiger partial charge in [0.15, 0.2) is 0 Å². The van der Waals surface area contributed by atoms with Gasteiger partial charge in [-0.05, 0) is 17.7 Å². The van der Waals surface area contributed by atoms with Crippen LogP contribution in [-0.2, 0) is 0 Å². The second-order valence-corrected chi connectivity index (χ2v) is 3.70. The van der Waals surface area contributed by atoms with Crippen molar-refractivity contribution in [3.8, 4) is 0 Å². The summed E-state index contributed by atoms with van der Waals surface area (Å²) < 4.78 is 26.0. The lowest BCUT2D eigenvalue weighted by Gasteiger charge is -1.93. The topological polar surface area (TPSA) is 3.01 Å². The number of nitrogens with zero attached hydrogens (tertiary/aromatic N) is 1. The van der Waals surface area contributed by atoms with Gasteiger partial charge in [0.1, 0.15) is 12.3 Å². The first-order valence-electron chi connectivity index (χ1n) is 3.76. The molecule has 1 nitrogen and oxygen atoms in total. The SMILES string of the molecule is F[C-](F)[N+]1=C(c2ccc(Br)cc2)C1. The zero-order valence-electron chi connectivity index (χ0n) is 6.60. The second-order valence-electron chi connectivity index (χ2n) is 2.78. The molecule has 2 rings (SSSR count). The molecule has 4 heteroatoms. The first kappa shape index (κ1) is 8.69. The molecule has 1 aliphatic rings. The van der Waals surface area contributed by atoms with Crippen molar-refractivity contribution in [2.45, 2.75) is 0 Å². The highest BCUT2D eigenvalue weighted by atomic mass is 79.9. The number of hydrogen-bond donors (Lipinski definition) is 0. The predicted octanol–water partition coefficient (Wildman–Crippen LogP) is 2.65. The molecule has 0 spiro atoms. The van der Waals surface area contributed by atoms with Crippen molar-refractivity contribution in [1.29, 1.82) is 0 Å². The van der Waals surface area contributed by atoms with Gasteiger partial charge < -0.3 is 4.58 Å². The van der Waals surface area contributed by atoms with E-state index in [1.807, 2.05) is 24.3 Å². The largest absolute Gasteiger partial charge is 0.367 e. The van der Waals surface area contributed by atoms with Gasteiger partial charge in [-0.2, -0.15) is 0 Å². The van der Waals surface area contributed by atoms with Crippen LogP contribution < -0.4 is 0 Å². The van der Waals surface area contributed by atoms with E-state index in [0.29, 0.717) is 12.3 Å². The summed E-state index contributed by atoms with van der Waals surface area (Å²) in [6.07, 6.45) is 0. The summed E-state index contributed by atoms with van der Waals surface area (Å²) in [7, 11) is 0. The third kappa shape index (κ3) is 1.72. The molecule has 0 aromatic heterocycles. The fraction of sp³-hybridized carbons (Fsp3) is 0.111. The Labute approximate surface area is 82.8 Å². The van der Waals surface area contributed by atoms with Crippen molar-refractivity contribution in [1.82, 2.24) is 0 Å². The van der Waals surface area contributed by atoms with E-state index < -0.39 is 6.55 Å². The van der Waals surface area contributed by atoms with Crippen molar-refractivity contribution in [3.63, 3.8) is 0 Å². The van der Waals surface area contributed by atoms with Crippen molar-refractivity contribution in [2.75, 3.05) is 6.54 Å². The van der Waals surface area contributed by atoms with Crippen LogP contribution in [0.4, 0.5) is 8.78 Å². The zero-order valence-corrected chi connectivity index (χ0v) is 8.18. The van der Waals surface area contributed by atoms with E-state index in [9.17, 15) is 8.78 Å². The Kier molecular flexibility index (Phi) is 2.07. The van der Waals surface area contributed by atoms with Crippen LogP contribution in [0.2, 0.25) is 0 Å². The van der Waals surface area contributed by atoms with Gasteiger partial charge in [-0.1, -0.05) is 28.1 Å². The molecule has 0 aliphatic carbocycles. The van der Waals surface area contributed by atoms with E-state index in [1.165, 1.54) is 0 Å². The van der Waals surface area contributed by atoms with Gasteiger partial charge in [0.05, 0.1) is 0 Å². The molecule has 0 N–H and O–H groups in total. The lowest BCUT2D eigenvalue weighted by molar-refractivity contribution is -0.484. The maximum Gasteiger partial charge on any atom is 0.367 e. The zero-order chi connectivity index (χ0) is 9.42. The summed E-state index contributed by atoms with van der Waals surface area (Å²) in [5.74, 6) is 0. The minimum absolute atomic E-state index is 0.351. The highest BCUT2D eigenvalue weighted by molar-refractivity contribution is 9.10. The van der Waals surface area contributed by atoms with Gasteiger partial charge in [-0.3, -0.25) is 0 Å². The second kappa shape index (κ2) is 3.10. The van der Waals surface area contributed by atoms with Gasteiger partial charge in [-0.15, -0.1) is 0 Å². The quantitative estimate of drug-likeness (QED) is 0.428. The summed E-state index contributed by atoms with van der Waals surface area (Å²) in [4.78, 5) is 0. The lowest BCUT2D eigenvalue weighted by atomic mass is 10.2. The molecular weight excluding hydrogens is 240 g/mol. The van der Waals surface area contributed by atoms with Crippen LogP contribution in [0, 0.1) is 6.55 Å². The molecule has 0 saturated carbocycles. The molecular formula is C9H6BrF2N. The third-order valence-corrected chi connectivity index (χ3v) is 2.44. The highest BCUT2D eigenvalue weighted by Gasteiger charge is 2.30. The van der Waals surface area contributed by atoms with Gasteiger partial charge >= 0.3 is 6.55 Å². The fourth-order valence-electron chi connectivity index (χ4n) is 1.17. The Hall–Kier alpha value is -0.900.